The van der Waals surface area contributed by atoms with Crippen LogP contribution < -0.4 is 20.1 Å². The Bertz CT molecular complexity index is 698. The van der Waals surface area contributed by atoms with Gasteiger partial charge in [0.2, 0.25) is 5.91 Å². The SMILES string of the molecule is CCc1ccc(NC(=O)CCNc2ccc3c(c2)OCCO3)cc1. The molecule has 0 unspecified atom stereocenters. The summed E-state index contributed by atoms with van der Waals surface area (Å²) in [6.45, 7) is 3.81. The van der Waals surface area contributed by atoms with E-state index in [0.717, 1.165) is 29.3 Å². The number of anilines is 2. The molecule has 0 bridgehead atoms. The highest BCUT2D eigenvalue weighted by Crippen LogP contribution is 2.32. The number of amides is 1. The number of rotatable bonds is 6. The summed E-state index contributed by atoms with van der Waals surface area (Å²) >= 11 is 0. The number of carbonyl (C=O) groups excluding carboxylic acids is 1. The zero-order chi connectivity index (χ0) is 16.8. The van der Waals surface area contributed by atoms with E-state index in [4.69, 9.17) is 9.47 Å². The summed E-state index contributed by atoms with van der Waals surface area (Å²) < 4.78 is 11.0. The molecular formula is C19H22N2O3. The molecule has 1 aliphatic heterocycles. The summed E-state index contributed by atoms with van der Waals surface area (Å²) in [6.07, 6.45) is 1.39. The van der Waals surface area contributed by atoms with Crippen molar-refractivity contribution < 1.29 is 14.3 Å². The first kappa shape index (κ1) is 16.2. The van der Waals surface area contributed by atoms with Gasteiger partial charge in [-0.1, -0.05) is 19.1 Å². The number of hydrogen-bond donors (Lipinski definition) is 2. The van der Waals surface area contributed by atoms with E-state index in [-0.39, 0.29) is 5.91 Å². The molecular weight excluding hydrogens is 304 g/mol. The number of hydrogen-bond acceptors (Lipinski definition) is 4. The lowest BCUT2D eigenvalue weighted by Crippen LogP contribution is -2.17. The first-order valence-electron chi connectivity index (χ1n) is 8.27. The second-order valence-electron chi connectivity index (χ2n) is 5.63. The van der Waals surface area contributed by atoms with Crippen molar-refractivity contribution in [3.05, 3.63) is 48.0 Å². The van der Waals surface area contributed by atoms with Gasteiger partial charge in [0, 0.05) is 30.4 Å². The molecule has 0 radical (unpaired) electrons. The summed E-state index contributed by atoms with van der Waals surface area (Å²) in [5.41, 5.74) is 3.00. The van der Waals surface area contributed by atoms with Crippen LogP contribution in [-0.2, 0) is 11.2 Å². The topological polar surface area (TPSA) is 59.6 Å². The third kappa shape index (κ3) is 4.19. The fourth-order valence-corrected chi connectivity index (χ4v) is 2.52. The summed E-state index contributed by atoms with van der Waals surface area (Å²) in [6, 6.07) is 13.6. The van der Waals surface area contributed by atoms with E-state index in [1.54, 1.807) is 0 Å². The molecule has 2 aromatic carbocycles. The van der Waals surface area contributed by atoms with Crippen LogP contribution in [0.15, 0.2) is 42.5 Å². The quantitative estimate of drug-likeness (QED) is 0.853. The molecule has 0 aliphatic carbocycles. The van der Waals surface area contributed by atoms with Gasteiger partial charge in [-0.15, -0.1) is 0 Å². The van der Waals surface area contributed by atoms with Crippen LogP contribution in [0, 0.1) is 0 Å². The highest BCUT2D eigenvalue weighted by Gasteiger charge is 2.11. The van der Waals surface area contributed by atoms with Crippen LogP contribution in [0.25, 0.3) is 0 Å². The lowest BCUT2D eigenvalue weighted by Gasteiger charge is -2.19. The lowest BCUT2D eigenvalue weighted by atomic mass is 10.1. The molecule has 0 fully saturated rings. The highest BCUT2D eigenvalue weighted by molar-refractivity contribution is 5.91. The Balaban J connectivity index is 1.46. The largest absolute Gasteiger partial charge is 0.486 e. The fourth-order valence-electron chi connectivity index (χ4n) is 2.52. The second kappa shape index (κ2) is 7.73. The third-order valence-corrected chi connectivity index (χ3v) is 3.87. The second-order valence-corrected chi connectivity index (χ2v) is 5.63. The summed E-state index contributed by atoms with van der Waals surface area (Å²) in [5.74, 6) is 1.50. The maximum absolute atomic E-state index is 12.0. The number of nitrogens with one attached hydrogen (secondary N) is 2. The van der Waals surface area contributed by atoms with Crippen molar-refractivity contribution in [2.75, 3.05) is 30.4 Å². The number of fused-ring (bicyclic) bond motifs is 1. The minimum absolute atomic E-state index is 0.00991. The van der Waals surface area contributed by atoms with Gasteiger partial charge in [0.15, 0.2) is 11.5 Å². The number of aryl methyl sites for hydroxylation is 1. The average Bonchev–Trinajstić information content (AvgIpc) is 2.62. The predicted molar refractivity (Wildman–Crippen MR) is 95.0 cm³/mol. The molecule has 0 atom stereocenters. The Morgan fingerprint density at radius 2 is 1.71 bits per heavy atom. The maximum atomic E-state index is 12.0. The van der Waals surface area contributed by atoms with Gasteiger partial charge in [0.25, 0.3) is 0 Å². The van der Waals surface area contributed by atoms with Crippen molar-refractivity contribution in [2.45, 2.75) is 19.8 Å². The van der Waals surface area contributed by atoms with Crippen molar-refractivity contribution >= 4 is 17.3 Å². The minimum atomic E-state index is -0.00991. The molecule has 5 heteroatoms. The molecule has 0 spiro atoms. The smallest absolute Gasteiger partial charge is 0.226 e. The van der Waals surface area contributed by atoms with Crippen molar-refractivity contribution in [1.29, 1.82) is 0 Å². The molecule has 126 valence electrons. The molecule has 24 heavy (non-hydrogen) atoms. The Morgan fingerprint density at radius 3 is 2.46 bits per heavy atom. The molecule has 2 N–H and O–H groups in total. The Labute approximate surface area is 142 Å². The lowest BCUT2D eigenvalue weighted by molar-refractivity contribution is -0.115. The van der Waals surface area contributed by atoms with E-state index in [9.17, 15) is 4.79 Å². The van der Waals surface area contributed by atoms with Gasteiger partial charge in [-0.3, -0.25) is 4.79 Å². The van der Waals surface area contributed by atoms with Gasteiger partial charge >= 0.3 is 0 Å². The van der Waals surface area contributed by atoms with Gasteiger partial charge in [-0.2, -0.15) is 0 Å². The zero-order valence-electron chi connectivity index (χ0n) is 13.8. The number of ether oxygens (including phenoxy) is 2. The molecule has 1 aliphatic rings. The van der Waals surface area contributed by atoms with Crippen LogP contribution in [0.4, 0.5) is 11.4 Å². The van der Waals surface area contributed by atoms with Crippen LogP contribution in [0.5, 0.6) is 11.5 Å². The zero-order valence-corrected chi connectivity index (χ0v) is 13.8. The van der Waals surface area contributed by atoms with Gasteiger partial charge in [0.1, 0.15) is 13.2 Å². The van der Waals surface area contributed by atoms with Crippen LogP contribution in [0.3, 0.4) is 0 Å². The van der Waals surface area contributed by atoms with Crippen molar-refractivity contribution in [3.8, 4) is 11.5 Å². The number of carbonyl (C=O) groups is 1. The van der Waals surface area contributed by atoms with E-state index >= 15 is 0 Å². The predicted octanol–water partition coefficient (Wildman–Crippen LogP) is 3.46. The van der Waals surface area contributed by atoms with E-state index in [1.165, 1.54) is 5.56 Å². The van der Waals surface area contributed by atoms with Gasteiger partial charge < -0.3 is 20.1 Å². The molecule has 1 heterocycles. The number of benzene rings is 2. The van der Waals surface area contributed by atoms with Crippen molar-refractivity contribution in [1.82, 2.24) is 0 Å². The molecule has 0 saturated heterocycles. The van der Waals surface area contributed by atoms with E-state index < -0.39 is 0 Å². The summed E-state index contributed by atoms with van der Waals surface area (Å²) in [7, 11) is 0. The normalized spacial score (nSPS) is 12.5. The highest BCUT2D eigenvalue weighted by atomic mass is 16.6. The Hall–Kier alpha value is -2.69. The molecule has 5 nitrogen and oxygen atoms in total. The van der Waals surface area contributed by atoms with Crippen LogP contribution in [0.2, 0.25) is 0 Å². The van der Waals surface area contributed by atoms with Crippen molar-refractivity contribution in [2.24, 2.45) is 0 Å². The van der Waals surface area contributed by atoms with Crippen LogP contribution in [-0.4, -0.2) is 25.7 Å². The van der Waals surface area contributed by atoms with E-state index in [1.807, 2.05) is 42.5 Å². The van der Waals surface area contributed by atoms with Crippen LogP contribution in [0.1, 0.15) is 18.9 Å². The van der Waals surface area contributed by atoms with Crippen LogP contribution >= 0.6 is 0 Å². The standard InChI is InChI=1S/C19H22N2O3/c1-2-14-3-5-15(6-4-14)21-19(22)9-10-20-16-7-8-17-18(13-16)24-12-11-23-17/h3-8,13,20H,2,9-12H2,1H3,(H,21,22). The molecule has 3 rings (SSSR count). The van der Waals surface area contributed by atoms with E-state index in [0.29, 0.717) is 26.2 Å². The Morgan fingerprint density at radius 1 is 1.00 bits per heavy atom. The van der Waals surface area contributed by atoms with Crippen molar-refractivity contribution in [3.63, 3.8) is 0 Å². The van der Waals surface area contributed by atoms with Gasteiger partial charge in [-0.25, -0.2) is 0 Å². The fraction of sp³-hybridized carbons (Fsp3) is 0.316. The van der Waals surface area contributed by atoms with E-state index in [2.05, 4.69) is 17.6 Å². The molecule has 1 amide bonds. The first-order valence-corrected chi connectivity index (χ1v) is 8.27. The maximum Gasteiger partial charge on any atom is 0.226 e. The summed E-state index contributed by atoms with van der Waals surface area (Å²) in [4.78, 5) is 12.0. The molecule has 2 aromatic rings. The Kier molecular flexibility index (Phi) is 5.21. The third-order valence-electron chi connectivity index (χ3n) is 3.87. The molecule has 0 aromatic heterocycles. The first-order chi connectivity index (χ1) is 11.7. The monoisotopic (exact) mass is 326 g/mol. The summed E-state index contributed by atoms with van der Waals surface area (Å²) in [5, 5.41) is 6.14. The van der Waals surface area contributed by atoms with Gasteiger partial charge in [0.05, 0.1) is 0 Å². The minimum Gasteiger partial charge on any atom is -0.486 e. The van der Waals surface area contributed by atoms with Gasteiger partial charge in [-0.05, 0) is 36.2 Å². The average molecular weight is 326 g/mol. The molecule has 0 saturated carbocycles.